The summed E-state index contributed by atoms with van der Waals surface area (Å²) < 4.78 is 5.76. The summed E-state index contributed by atoms with van der Waals surface area (Å²) in [5, 5.41) is 9.54. The van der Waals surface area contributed by atoms with Crippen molar-refractivity contribution in [2.45, 2.75) is 26.0 Å². The molecular formula is C19H22ClNO3. The first-order chi connectivity index (χ1) is 11.5. The van der Waals surface area contributed by atoms with Gasteiger partial charge in [0, 0.05) is 16.6 Å². The molecule has 0 saturated carbocycles. The van der Waals surface area contributed by atoms with Crippen LogP contribution in [0.2, 0.25) is 5.02 Å². The van der Waals surface area contributed by atoms with E-state index in [1.165, 1.54) is 0 Å². The van der Waals surface area contributed by atoms with Crippen LogP contribution in [-0.2, 0) is 17.8 Å². The van der Waals surface area contributed by atoms with E-state index in [-0.39, 0.29) is 12.6 Å². The van der Waals surface area contributed by atoms with Gasteiger partial charge in [-0.3, -0.25) is 9.69 Å². The Kier molecular flexibility index (Phi) is 6.64. The predicted octanol–water partition coefficient (Wildman–Crippen LogP) is 3.87. The fraction of sp³-hybridized carbons (Fsp3) is 0.316. The van der Waals surface area contributed by atoms with Crippen molar-refractivity contribution < 1.29 is 14.6 Å². The van der Waals surface area contributed by atoms with E-state index in [4.69, 9.17) is 21.4 Å². The van der Waals surface area contributed by atoms with Gasteiger partial charge in [-0.15, -0.1) is 0 Å². The second kappa shape index (κ2) is 8.71. The van der Waals surface area contributed by atoms with Gasteiger partial charge in [0.2, 0.25) is 0 Å². The van der Waals surface area contributed by atoms with Gasteiger partial charge in [0.25, 0.3) is 0 Å². The van der Waals surface area contributed by atoms with Crippen LogP contribution in [-0.4, -0.2) is 35.6 Å². The number of rotatable bonds is 8. The molecule has 0 heterocycles. The number of carboxylic acid groups (broad SMARTS) is 1. The highest BCUT2D eigenvalue weighted by Gasteiger charge is 2.12. The minimum atomic E-state index is -0.812. The molecular weight excluding hydrogens is 326 g/mol. The molecule has 0 aliphatic carbocycles. The number of aliphatic carboxylic acids is 1. The van der Waals surface area contributed by atoms with Crippen molar-refractivity contribution >= 4 is 17.6 Å². The lowest BCUT2D eigenvalue weighted by atomic mass is 10.1. The maximum absolute atomic E-state index is 10.8. The number of hydrogen-bond donors (Lipinski definition) is 1. The van der Waals surface area contributed by atoms with Crippen molar-refractivity contribution in [2.24, 2.45) is 0 Å². The Morgan fingerprint density at radius 1 is 1.21 bits per heavy atom. The number of carboxylic acids is 1. The Bertz CT molecular complexity index is 673. The van der Waals surface area contributed by atoms with E-state index in [1.807, 2.05) is 67.4 Å². The maximum Gasteiger partial charge on any atom is 0.317 e. The van der Waals surface area contributed by atoms with Gasteiger partial charge in [-0.25, -0.2) is 0 Å². The van der Waals surface area contributed by atoms with Crippen LogP contribution in [0.1, 0.15) is 18.1 Å². The Morgan fingerprint density at radius 3 is 2.50 bits per heavy atom. The van der Waals surface area contributed by atoms with Crippen LogP contribution in [0.5, 0.6) is 5.75 Å². The number of hydrogen-bond acceptors (Lipinski definition) is 3. The molecule has 0 spiro atoms. The van der Waals surface area contributed by atoms with Crippen LogP contribution in [0, 0.1) is 0 Å². The quantitative estimate of drug-likeness (QED) is 0.787. The molecule has 0 saturated heterocycles. The standard InChI is InChI=1S/C19H22ClNO3/c1-14(21(2)12-19(22)23)11-15-7-9-17(10-8-15)24-13-16-5-3-4-6-18(16)20/h3-10,14H,11-13H2,1-2H3,(H,22,23)/t14-/m1/s1. The zero-order valence-corrected chi connectivity index (χ0v) is 14.7. The van der Waals surface area contributed by atoms with Gasteiger partial charge >= 0.3 is 5.97 Å². The molecule has 2 aromatic rings. The van der Waals surface area contributed by atoms with E-state index < -0.39 is 5.97 Å². The second-order valence-corrected chi connectivity index (χ2v) is 6.29. The van der Waals surface area contributed by atoms with Crippen molar-refractivity contribution in [3.8, 4) is 5.75 Å². The molecule has 24 heavy (non-hydrogen) atoms. The lowest BCUT2D eigenvalue weighted by Gasteiger charge is -2.22. The Morgan fingerprint density at radius 2 is 1.88 bits per heavy atom. The van der Waals surface area contributed by atoms with Crippen molar-refractivity contribution in [3.05, 3.63) is 64.7 Å². The van der Waals surface area contributed by atoms with Crippen molar-refractivity contribution in [1.82, 2.24) is 4.90 Å². The largest absolute Gasteiger partial charge is 0.489 e. The number of benzene rings is 2. The molecule has 1 N–H and O–H groups in total. The van der Waals surface area contributed by atoms with Crippen LogP contribution in [0.3, 0.4) is 0 Å². The number of ether oxygens (including phenoxy) is 1. The molecule has 0 aliphatic rings. The second-order valence-electron chi connectivity index (χ2n) is 5.89. The first-order valence-corrected chi connectivity index (χ1v) is 8.20. The molecule has 0 radical (unpaired) electrons. The summed E-state index contributed by atoms with van der Waals surface area (Å²) in [6.07, 6.45) is 0.786. The predicted molar refractivity (Wildman–Crippen MR) is 95.7 cm³/mol. The normalized spacial score (nSPS) is 12.2. The van der Waals surface area contributed by atoms with E-state index in [0.717, 1.165) is 23.3 Å². The molecule has 0 aliphatic heterocycles. The molecule has 2 aromatic carbocycles. The maximum atomic E-state index is 10.8. The first-order valence-electron chi connectivity index (χ1n) is 7.83. The zero-order chi connectivity index (χ0) is 17.5. The van der Waals surface area contributed by atoms with Crippen LogP contribution in [0.15, 0.2) is 48.5 Å². The van der Waals surface area contributed by atoms with Crippen molar-refractivity contribution in [2.75, 3.05) is 13.6 Å². The third kappa shape index (κ3) is 5.55. The molecule has 0 aromatic heterocycles. The van der Waals surface area contributed by atoms with E-state index >= 15 is 0 Å². The zero-order valence-electron chi connectivity index (χ0n) is 13.9. The third-order valence-electron chi connectivity index (χ3n) is 3.94. The van der Waals surface area contributed by atoms with Gasteiger partial charge < -0.3 is 9.84 Å². The van der Waals surface area contributed by atoms with Crippen molar-refractivity contribution in [1.29, 1.82) is 0 Å². The van der Waals surface area contributed by atoms with Crippen LogP contribution in [0.25, 0.3) is 0 Å². The molecule has 0 fully saturated rings. The highest BCUT2D eigenvalue weighted by atomic mass is 35.5. The SMILES string of the molecule is C[C@H](Cc1ccc(OCc2ccccc2Cl)cc1)N(C)CC(=O)O. The number of likely N-dealkylation sites (N-methyl/N-ethyl adjacent to an activating group) is 1. The Balaban J connectivity index is 1.88. The molecule has 0 amide bonds. The molecule has 5 heteroatoms. The highest BCUT2D eigenvalue weighted by molar-refractivity contribution is 6.31. The molecule has 0 bridgehead atoms. The van der Waals surface area contributed by atoms with Crippen LogP contribution < -0.4 is 4.74 Å². The summed E-state index contributed by atoms with van der Waals surface area (Å²) in [5.74, 6) is -0.0297. The van der Waals surface area contributed by atoms with Gasteiger partial charge in [0.05, 0.1) is 6.54 Å². The molecule has 4 nitrogen and oxygen atoms in total. The van der Waals surface area contributed by atoms with E-state index in [1.54, 1.807) is 0 Å². The summed E-state index contributed by atoms with van der Waals surface area (Å²) in [4.78, 5) is 12.6. The fourth-order valence-corrected chi connectivity index (χ4v) is 2.55. The van der Waals surface area contributed by atoms with E-state index in [2.05, 4.69) is 0 Å². The molecule has 128 valence electrons. The summed E-state index contributed by atoms with van der Waals surface area (Å²) >= 11 is 6.11. The van der Waals surface area contributed by atoms with Crippen molar-refractivity contribution in [3.63, 3.8) is 0 Å². The number of halogens is 1. The molecule has 1 atom stereocenters. The third-order valence-corrected chi connectivity index (χ3v) is 4.31. The minimum Gasteiger partial charge on any atom is -0.489 e. The highest BCUT2D eigenvalue weighted by Crippen LogP contribution is 2.19. The minimum absolute atomic E-state index is 0.0419. The molecule has 0 unspecified atom stereocenters. The van der Waals surface area contributed by atoms with E-state index in [9.17, 15) is 4.79 Å². The fourth-order valence-electron chi connectivity index (χ4n) is 2.36. The van der Waals surface area contributed by atoms with Gasteiger partial charge in [0.1, 0.15) is 12.4 Å². The van der Waals surface area contributed by atoms with E-state index in [0.29, 0.717) is 11.6 Å². The van der Waals surface area contributed by atoms with Crippen LogP contribution in [0.4, 0.5) is 0 Å². The van der Waals surface area contributed by atoms with Gasteiger partial charge in [0.15, 0.2) is 0 Å². The summed E-state index contributed by atoms with van der Waals surface area (Å²) in [5.41, 5.74) is 2.09. The summed E-state index contributed by atoms with van der Waals surface area (Å²) in [6, 6.07) is 15.6. The van der Waals surface area contributed by atoms with Crippen LogP contribution >= 0.6 is 11.6 Å². The first kappa shape index (κ1) is 18.3. The topological polar surface area (TPSA) is 49.8 Å². The Labute approximate surface area is 147 Å². The van der Waals surface area contributed by atoms with Gasteiger partial charge in [-0.05, 0) is 44.2 Å². The lowest BCUT2D eigenvalue weighted by Crippen LogP contribution is -2.35. The number of nitrogens with zero attached hydrogens (tertiary/aromatic N) is 1. The average Bonchev–Trinajstić information content (AvgIpc) is 2.55. The number of carbonyl (C=O) groups is 1. The summed E-state index contributed by atoms with van der Waals surface area (Å²) in [7, 11) is 1.82. The Hall–Kier alpha value is -2.04. The lowest BCUT2D eigenvalue weighted by molar-refractivity contribution is -0.138. The summed E-state index contributed by atoms with van der Waals surface area (Å²) in [6.45, 7) is 2.49. The molecule has 2 rings (SSSR count). The smallest absolute Gasteiger partial charge is 0.317 e. The van der Waals surface area contributed by atoms with Gasteiger partial charge in [-0.1, -0.05) is 41.9 Å². The average molecular weight is 348 g/mol. The van der Waals surface area contributed by atoms with Gasteiger partial charge in [-0.2, -0.15) is 0 Å². The monoisotopic (exact) mass is 347 g/mol.